The smallest absolute Gasteiger partial charge is 0.328 e. The van der Waals surface area contributed by atoms with Crippen molar-refractivity contribution < 1.29 is 14.3 Å². The van der Waals surface area contributed by atoms with Gasteiger partial charge in [-0.1, -0.05) is 61.4 Å². The summed E-state index contributed by atoms with van der Waals surface area (Å²) in [5.41, 5.74) is 1.67. The summed E-state index contributed by atoms with van der Waals surface area (Å²) in [4.78, 5) is 28.6. The number of amides is 1. The number of allylic oxidation sites excluding steroid dienone is 4. The summed E-state index contributed by atoms with van der Waals surface area (Å²) in [6.07, 6.45) is 15.0. The lowest BCUT2D eigenvalue weighted by Crippen LogP contribution is -2.54. The molecule has 2 aliphatic carbocycles. The molecule has 34 heavy (non-hydrogen) atoms. The molecular formula is C29H40N2O3. The number of hydrogen-bond donors (Lipinski definition) is 1. The first-order chi connectivity index (χ1) is 16.4. The highest BCUT2D eigenvalue weighted by Gasteiger charge is 2.56. The second kappa shape index (κ2) is 10.5. The molecule has 1 saturated heterocycles. The fourth-order valence-corrected chi connectivity index (χ4v) is 6.47. The molecule has 0 aromatic heterocycles. The Labute approximate surface area is 204 Å². The Kier molecular flexibility index (Phi) is 7.61. The average Bonchev–Trinajstić information content (AvgIpc) is 3.53. The van der Waals surface area contributed by atoms with E-state index in [9.17, 15) is 9.59 Å². The number of carbonyl (C=O) groups is 2. The lowest BCUT2D eigenvalue weighted by Gasteiger charge is -2.48. The Morgan fingerprint density at radius 2 is 1.91 bits per heavy atom. The quantitative estimate of drug-likeness (QED) is 0.542. The maximum absolute atomic E-state index is 13.9. The Bertz CT molecular complexity index is 932. The van der Waals surface area contributed by atoms with Crippen molar-refractivity contribution in [1.29, 1.82) is 0 Å². The molecule has 3 atom stereocenters. The van der Waals surface area contributed by atoms with Crippen LogP contribution in [0.15, 0.2) is 48.6 Å². The van der Waals surface area contributed by atoms with Gasteiger partial charge in [0, 0.05) is 11.5 Å². The maximum Gasteiger partial charge on any atom is 0.328 e. The van der Waals surface area contributed by atoms with Crippen molar-refractivity contribution in [1.82, 2.24) is 10.2 Å². The zero-order chi connectivity index (χ0) is 24.2. The number of benzene rings is 1. The molecule has 0 bridgehead atoms. The van der Waals surface area contributed by atoms with Crippen molar-refractivity contribution in [2.45, 2.75) is 77.3 Å². The van der Waals surface area contributed by atoms with Gasteiger partial charge >= 0.3 is 5.97 Å². The number of carbonyl (C=O) groups excluding carboxylic acids is 2. The normalized spacial score (nSPS) is 27.3. The van der Waals surface area contributed by atoms with Crippen LogP contribution in [0.2, 0.25) is 0 Å². The van der Waals surface area contributed by atoms with E-state index in [-0.39, 0.29) is 11.3 Å². The van der Waals surface area contributed by atoms with E-state index in [0.717, 1.165) is 51.6 Å². The lowest BCUT2D eigenvalue weighted by atomic mass is 9.56. The van der Waals surface area contributed by atoms with Gasteiger partial charge in [0.15, 0.2) is 0 Å². The predicted octanol–water partition coefficient (Wildman–Crippen LogP) is 5.13. The van der Waals surface area contributed by atoms with Gasteiger partial charge in [-0.25, -0.2) is 4.79 Å². The highest BCUT2D eigenvalue weighted by atomic mass is 16.5. The van der Waals surface area contributed by atoms with Crippen LogP contribution in [0.25, 0.3) is 5.57 Å². The van der Waals surface area contributed by atoms with Crippen LogP contribution >= 0.6 is 0 Å². The van der Waals surface area contributed by atoms with Crippen molar-refractivity contribution in [2.75, 3.05) is 20.2 Å². The molecule has 5 nitrogen and oxygen atoms in total. The summed E-state index contributed by atoms with van der Waals surface area (Å²) in [5, 5.41) is 3.03. The molecular weight excluding hydrogens is 424 g/mol. The SMILES string of the molecule is COC(=O)[C@H](C)NC(=O)C1(C2(CCN3CCC[C@H]3C)C=CC(c3ccccc3)=CC2)CCCC1. The van der Waals surface area contributed by atoms with E-state index < -0.39 is 17.4 Å². The summed E-state index contributed by atoms with van der Waals surface area (Å²) >= 11 is 0. The van der Waals surface area contributed by atoms with Gasteiger partial charge in [-0.05, 0) is 76.6 Å². The van der Waals surface area contributed by atoms with Gasteiger partial charge in [0.05, 0.1) is 12.5 Å². The summed E-state index contributed by atoms with van der Waals surface area (Å²) in [5.74, 6) is -0.384. The number of rotatable bonds is 8. The predicted molar refractivity (Wildman–Crippen MR) is 136 cm³/mol. The van der Waals surface area contributed by atoms with Crippen molar-refractivity contribution in [3.8, 4) is 0 Å². The molecule has 0 radical (unpaired) electrons. The van der Waals surface area contributed by atoms with Crippen LogP contribution in [0, 0.1) is 10.8 Å². The Hall–Kier alpha value is -2.40. The second-order valence-electron chi connectivity index (χ2n) is 10.5. The van der Waals surface area contributed by atoms with Gasteiger partial charge < -0.3 is 15.0 Å². The number of methoxy groups -OCH3 is 1. The topological polar surface area (TPSA) is 58.6 Å². The summed E-state index contributed by atoms with van der Waals surface area (Å²) in [6.45, 7) is 6.18. The van der Waals surface area contributed by atoms with Crippen molar-refractivity contribution in [3.63, 3.8) is 0 Å². The third kappa shape index (κ3) is 4.72. The molecule has 1 N–H and O–H groups in total. The fraction of sp³-hybridized carbons (Fsp3) is 0.586. The van der Waals surface area contributed by atoms with Gasteiger partial charge in [-0.15, -0.1) is 0 Å². The molecule has 1 aromatic carbocycles. The minimum atomic E-state index is -0.645. The first kappa shape index (κ1) is 24.7. The minimum Gasteiger partial charge on any atom is -0.467 e. The number of nitrogens with zero attached hydrogens (tertiary/aromatic N) is 1. The Morgan fingerprint density at radius 3 is 2.50 bits per heavy atom. The molecule has 5 heteroatoms. The first-order valence-electron chi connectivity index (χ1n) is 13.0. The maximum atomic E-state index is 13.9. The van der Waals surface area contributed by atoms with E-state index in [1.165, 1.54) is 31.1 Å². The van der Waals surface area contributed by atoms with Crippen LogP contribution in [0.3, 0.4) is 0 Å². The molecule has 1 heterocycles. The molecule has 1 aliphatic heterocycles. The third-order valence-corrected chi connectivity index (χ3v) is 8.66. The van der Waals surface area contributed by atoms with Gasteiger partial charge in [-0.3, -0.25) is 4.79 Å². The van der Waals surface area contributed by atoms with E-state index >= 15 is 0 Å². The van der Waals surface area contributed by atoms with Crippen molar-refractivity contribution in [2.24, 2.45) is 10.8 Å². The van der Waals surface area contributed by atoms with Crippen molar-refractivity contribution in [3.05, 3.63) is 54.1 Å². The van der Waals surface area contributed by atoms with E-state index in [1.807, 2.05) is 6.07 Å². The Balaban J connectivity index is 1.65. The molecule has 4 rings (SSSR count). The van der Waals surface area contributed by atoms with E-state index in [4.69, 9.17) is 4.74 Å². The largest absolute Gasteiger partial charge is 0.467 e. The van der Waals surface area contributed by atoms with Gasteiger partial charge in [0.2, 0.25) is 5.91 Å². The number of likely N-dealkylation sites (tertiary alicyclic amines) is 1. The van der Waals surface area contributed by atoms with Gasteiger partial charge in [0.1, 0.15) is 6.04 Å². The fourth-order valence-electron chi connectivity index (χ4n) is 6.47. The van der Waals surface area contributed by atoms with Crippen LogP contribution in [0.5, 0.6) is 0 Å². The average molecular weight is 465 g/mol. The second-order valence-corrected chi connectivity index (χ2v) is 10.5. The van der Waals surface area contributed by atoms with Crippen LogP contribution in [0.1, 0.15) is 70.8 Å². The van der Waals surface area contributed by atoms with Crippen LogP contribution in [0.4, 0.5) is 0 Å². The van der Waals surface area contributed by atoms with E-state index in [1.54, 1.807) is 6.92 Å². The van der Waals surface area contributed by atoms with Crippen LogP contribution < -0.4 is 5.32 Å². The highest BCUT2D eigenvalue weighted by Crippen LogP contribution is 2.58. The molecule has 1 saturated carbocycles. The number of esters is 1. The zero-order valence-electron chi connectivity index (χ0n) is 21.0. The molecule has 1 amide bonds. The minimum absolute atomic E-state index is 0.0126. The zero-order valence-corrected chi connectivity index (χ0v) is 21.0. The summed E-state index contributed by atoms with van der Waals surface area (Å²) in [7, 11) is 1.37. The highest BCUT2D eigenvalue weighted by molar-refractivity contribution is 5.89. The Morgan fingerprint density at radius 1 is 1.18 bits per heavy atom. The van der Waals surface area contributed by atoms with Gasteiger partial charge in [-0.2, -0.15) is 0 Å². The monoisotopic (exact) mass is 464 g/mol. The lowest BCUT2D eigenvalue weighted by molar-refractivity contribution is -0.148. The van der Waals surface area contributed by atoms with Crippen molar-refractivity contribution >= 4 is 17.4 Å². The number of nitrogens with one attached hydrogen (secondary N) is 1. The molecule has 1 unspecified atom stereocenters. The number of ether oxygens (including phenoxy) is 1. The standard InChI is InChI=1S/C29H40N2O3/c1-22-10-9-20-31(22)21-19-28(17-13-25(14-18-28)24-11-5-4-6-12-24)29(15-7-8-16-29)27(33)30-23(2)26(32)34-3/h4-6,11-14,17,22-23H,7-10,15-16,18-21H2,1-3H3,(H,30,33)/t22-,23+,28?/m1/s1. The summed E-state index contributed by atoms with van der Waals surface area (Å²) < 4.78 is 4.89. The first-order valence-corrected chi connectivity index (χ1v) is 13.0. The number of hydrogen-bond acceptors (Lipinski definition) is 4. The van der Waals surface area contributed by atoms with E-state index in [2.05, 4.69) is 59.6 Å². The molecule has 1 aromatic rings. The molecule has 184 valence electrons. The molecule has 2 fully saturated rings. The van der Waals surface area contributed by atoms with Crippen LogP contribution in [-0.4, -0.2) is 49.1 Å². The van der Waals surface area contributed by atoms with Crippen LogP contribution in [-0.2, 0) is 14.3 Å². The van der Waals surface area contributed by atoms with E-state index in [0.29, 0.717) is 6.04 Å². The summed E-state index contributed by atoms with van der Waals surface area (Å²) in [6, 6.07) is 10.4. The van der Waals surface area contributed by atoms with Gasteiger partial charge in [0.25, 0.3) is 0 Å². The third-order valence-electron chi connectivity index (χ3n) is 8.66. The molecule has 0 spiro atoms. The molecule has 3 aliphatic rings.